The van der Waals surface area contributed by atoms with Crippen LogP contribution in [0.1, 0.15) is 53.9 Å². The molecule has 1 amide bonds. The highest BCUT2D eigenvalue weighted by Gasteiger charge is 2.38. The highest BCUT2D eigenvalue weighted by Crippen LogP contribution is 2.41. The Hall–Kier alpha value is -3.85. The van der Waals surface area contributed by atoms with Crippen LogP contribution < -0.4 is 19.9 Å². The van der Waals surface area contributed by atoms with E-state index in [0.717, 1.165) is 0 Å². The van der Waals surface area contributed by atoms with E-state index in [0.29, 0.717) is 74.2 Å². The number of amides is 1. The molecule has 1 aromatic carbocycles. The molecule has 2 aromatic heterocycles. The van der Waals surface area contributed by atoms with Crippen LogP contribution in [-0.4, -0.2) is 66.2 Å². The highest BCUT2D eigenvalue weighted by atomic mass is 35.5. The summed E-state index contributed by atoms with van der Waals surface area (Å²) in [6.07, 6.45) is -7.83. The van der Waals surface area contributed by atoms with Crippen molar-refractivity contribution in [2.24, 2.45) is 0 Å². The Bertz CT molecular complexity index is 1530. The van der Waals surface area contributed by atoms with Gasteiger partial charge in [-0.05, 0) is 42.7 Å². The van der Waals surface area contributed by atoms with Crippen molar-refractivity contribution < 1.29 is 40.6 Å². The van der Waals surface area contributed by atoms with Crippen LogP contribution in [0.2, 0.25) is 0 Å². The molecule has 46 heavy (non-hydrogen) atoms. The minimum Gasteiger partial charge on any atom is -0.481 e. The normalized spacial score (nSPS) is 18.7. The molecule has 2 aliphatic rings. The molecule has 0 bridgehead atoms. The molecule has 9 nitrogen and oxygen atoms in total. The van der Waals surface area contributed by atoms with Crippen LogP contribution in [0.5, 0.6) is 5.88 Å². The maximum absolute atomic E-state index is 13.6. The average molecular weight is 673 g/mol. The molecule has 0 unspecified atom stereocenters. The van der Waals surface area contributed by atoms with Gasteiger partial charge in [-0.15, -0.1) is 11.6 Å². The fourth-order valence-electron chi connectivity index (χ4n) is 5.74. The van der Waals surface area contributed by atoms with Gasteiger partial charge in [0, 0.05) is 31.6 Å². The number of ether oxygens (including phenoxy) is 2. The molecule has 0 saturated carbocycles. The molecule has 1 fully saturated rings. The maximum Gasteiger partial charge on any atom is 0.416 e. The standard InChI is InChI=1S/C30H31ClF6N6O3/c1-3-20-14-22(27-23(43(20)26(44)15-31)4-5-25(41-27)45-2)40-28-38-16-24(42-6-8-46-9-7-42)21(39-28)12-17-10-18(29(32,33)34)13-19(11-17)30(35,36)37/h4-5,10-11,13,16,20,22H,3,6-9,12,14-15H2,1-2H3,(H,38,39,40)/t20-,22+/m1/s1. The molecule has 5 rings (SSSR count). The zero-order chi connectivity index (χ0) is 33.2. The van der Waals surface area contributed by atoms with E-state index < -0.39 is 29.5 Å². The number of nitrogens with zero attached hydrogens (tertiary/aromatic N) is 5. The first-order valence-corrected chi connectivity index (χ1v) is 15.0. The molecular weight excluding hydrogens is 642 g/mol. The summed E-state index contributed by atoms with van der Waals surface area (Å²) in [5.74, 6) is -0.148. The predicted molar refractivity (Wildman–Crippen MR) is 158 cm³/mol. The molecule has 0 aliphatic carbocycles. The molecule has 16 heteroatoms. The first kappa shape index (κ1) is 33.5. The number of carbonyl (C=O) groups excluding carboxylic acids is 1. The minimum absolute atomic E-state index is 0.0857. The van der Waals surface area contributed by atoms with Gasteiger partial charge in [-0.25, -0.2) is 15.0 Å². The largest absolute Gasteiger partial charge is 0.481 e. The Morgan fingerprint density at radius 3 is 2.30 bits per heavy atom. The number of hydrogen-bond acceptors (Lipinski definition) is 8. The lowest BCUT2D eigenvalue weighted by atomic mass is 9.93. The zero-order valence-electron chi connectivity index (χ0n) is 24.9. The van der Waals surface area contributed by atoms with Crippen LogP contribution in [0, 0.1) is 0 Å². The fraction of sp³-hybridized carbons (Fsp3) is 0.467. The average Bonchev–Trinajstić information content (AvgIpc) is 3.03. The maximum atomic E-state index is 13.6. The number of benzene rings is 1. The number of fused-ring (bicyclic) bond motifs is 1. The first-order valence-electron chi connectivity index (χ1n) is 14.5. The fourth-order valence-corrected chi connectivity index (χ4v) is 5.87. The van der Waals surface area contributed by atoms with E-state index in [1.54, 1.807) is 17.0 Å². The smallest absolute Gasteiger partial charge is 0.416 e. The third-order valence-electron chi connectivity index (χ3n) is 7.92. The Balaban J connectivity index is 1.56. The van der Waals surface area contributed by atoms with Crippen molar-refractivity contribution in [2.75, 3.05) is 54.4 Å². The van der Waals surface area contributed by atoms with E-state index in [1.165, 1.54) is 13.3 Å². The van der Waals surface area contributed by atoms with Gasteiger partial charge >= 0.3 is 12.4 Å². The summed E-state index contributed by atoms with van der Waals surface area (Å²) in [6.45, 7) is 3.55. The van der Waals surface area contributed by atoms with Crippen LogP contribution in [0.4, 0.5) is 43.7 Å². The van der Waals surface area contributed by atoms with Gasteiger partial charge in [0.15, 0.2) is 0 Å². The second kappa shape index (κ2) is 13.5. The number of anilines is 3. The zero-order valence-corrected chi connectivity index (χ0v) is 25.6. The predicted octanol–water partition coefficient (Wildman–Crippen LogP) is 6.25. The number of aromatic nitrogens is 3. The second-order valence-corrected chi connectivity index (χ2v) is 11.1. The van der Waals surface area contributed by atoms with E-state index in [-0.39, 0.29) is 47.5 Å². The lowest BCUT2D eigenvalue weighted by Gasteiger charge is -2.40. The molecule has 1 saturated heterocycles. The van der Waals surface area contributed by atoms with E-state index in [2.05, 4.69) is 20.3 Å². The van der Waals surface area contributed by atoms with Gasteiger partial charge in [0.05, 0.1) is 66.5 Å². The van der Waals surface area contributed by atoms with Gasteiger partial charge in [-0.1, -0.05) is 6.92 Å². The van der Waals surface area contributed by atoms with Crippen molar-refractivity contribution in [2.45, 2.75) is 50.6 Å². The summed E-state index contributed by atoms with van der Waals surface area (Å²) < 4.78 is 92.5. The number of pyridine rings is 1. The Morgan fingerprint density at radius 2 is 1.72 bits per heavy atom. The number of nitrogens with one attached hydrogen (secondary N) is 1. The van der Waals surface area contributed by atoms with Gasteiger partial charge in [0.2, 0.25) is 17.7 Å². The summed E-state index contributed by atoms with van der Waals surface area (Å²) in [5, 5.41) is 3.24. The van der Waals surface area contributed by atoms with E-state index in [9.17, 15) is 31.1 Å². The number of alkyl halides is 7. The molecule has 3 aromatic rings. The van der Waals surface area contributed by atoms with Crippen molar-refractivity contribution in [3.8, 4) is 5.88 Å². The summed E-state index contributed by atoms with van der Waals surface area (Å²) >= 11 is 5.92. The molecule has 4 heterocycles. The molecule has 1 N–H and O–H groups in total. The van der Waals surface area contributed by atoms with Crippen molar-refractivity contribution >= 4 is 34.8 Å². The van der Waals surface area contributed by atoms with Gasteiger partial charge in [-0.3, -0.25) is 4.79 Å². The lowest BCUT2D eigenvalue weighted by molar-refractivity contribution is -0.143. The van der Waals surface area contributed by atoms with E-state index in [1.807, 2.05) is 11.8 Å². The van der Waals surface area contributed by atoms with Crippen LogP contribution in [0.15, 0.2) is 36.5 Å². The Labute approximate surface area is 265 Å². The number of methoxy groups -OCH3 is 1. The SMILES string of the molecule is CC[C@@H]1C[C@H](Nc2ncc(N3CCOCC3)c(Cc3cc(C(F)(F)F)cc(C(F)(F)F)c3)n2)c2nc(OC)ccc2N1C(=O)CCl. The van der Waals surface area contributed by atoms with Crippen LogP contribution in [-0.2, 0) is 28.3 Å². The van der Waals surface area contributed by atoms with E-state index in [4.69, 9.17) is 21.1 Å². The van der Waals surface area contributed by atoms with Crippen molar-refractivity contribution in [3.63, 3.8) is 0 Å². The molecule has 2 atom stereocenters. The van der Waals surface area contributed by atoms with Crippen molar-refractivity contribution in [1.29, 1.82) is 0 Å². The number of rotatable bonds is 8. The van der Waals surface area contributed by atoms with Crippen LogP contribution >= 0.6 is 11.6 Å². The Kier molecular flexibility index (Phi) is 9.82. The summed E-state index contributed by atoms with van der Waals surface area (Å²) in [7, 11) is 1.45. The molecule has 248 valence electrons. The molecule has 0 spiro atoms. The first-order chi connectivity index (χ1) is 21.8. The minimum atomic E-state index is -4.99. The van der Waals surface area contributed by atoms with Crippen LogP contribution in [0.25, 0.3) is 0 Å². The third kappa shape index (κ3) is 7.25. The Morgan fingerprint density at radius 1 is 1.04 bits per heavy atom. The molecule has 2 aliphatic heterocycles. The second-order valence-electron chi connectivity index (χ2n) is 10.9. The monoisotopic (exact) mass is 672 g/mol. The summed E-state index contributed by atoms with van der Waals surface area (Å²) in [4.78, 5) is 30.0. The summed E-state index contributed by atoms with van der Waals surface area (Å²) in [5.41, 5.74) is -1.33. The van der Waals surface area contributed by atoms with Gasteiger partial charge in [-0.2, -0.15) is 26.3 Å². The number of halogens is 7. The topological polar surface area (TPSA) is 92.7 Å². The quantitative estimate of drug-likeness (QED) is 0.222. The van der Waals surface area contributed by atoms with Crippen LogP contribution in [0.3, 0.4) is 0 Å². The molecular formula is C30H31ClF6N6O3. The van der Waals surface area contributed by atoms with Crippen molar-refractivity contribution in [1.82, 2.24) is 15.0 Å². The number of hydrogen-bond donors (Lipinski definition) is 1. The highest BCUT2D eigenvalue weighted by molar-refractivity contribution is 6.29. The van der Waals surface area contributed by atoms with Gasteiger partial charge < -0.3 is 24.6 Å². The molecule has 0 radical (unpaired) electrons. The third-order valence-corrected chi connectivity index (χ3v) is 8.15. The number of morpholine rings is 1. The number of carbonyl (C=O) groups is 1. The van der Waals surface area contributed by atoms with Crippen molar-refractivity contribution in [3.05, 3.63) is 64.6 Å². The van der Waals surface area contributed by atoms with Gasteiger partial charge in [0.25, 0.3) is 0 Å². The summed E-state index contributed by atoms with van der Waals surface area (Å²) in [6, 6.07) is 4.06. The lowest BCUT2D eigenvalue weighted by Crippen LogP contribution is -2.46. The van der Waals surface area contributed by atoms with E-state index >= 15 is 0 Å². The van der Waals surface area contributed by atoms with Gasteiger partial charge in [0.1, 0.15) is 5.88 Å².